The predicted molar refractivity (Wildman–Crippen MR) is 74.5 cm³/mol. The van der Waals surface area contributed by atoms with Crippen LogP contribution in [0.1, 0.15) is 24.2 Å². The number of halogens is 1. The smallest absolute Gasteiger partial charge is 0.255 e. The van der Waals surface area contributed by atoms with Gasteiger partial charge in [0, 0.05) is 18.8 Å². The number of hydrogen-bond acceptors (Lipinski definition) is 3. The molecule has 2 N–H and O–H groups in total. The Morgan fingerprint density at radius 3 is 2.61 bits per heavy atom. The molecule has 0 spiro atoms. The standard InChI is InChI=1S/C13H17BrN2O2/c1-8-6-16(7-9(2)18-8)13(17)10-4-3-5-11(15)12(10)14/h3-5,8-9H,6-7,15H2,1-2H3. The Morgan fingerprint density at radius 2 is 2.00 bits per heavy atom. The van der Waals surface area contributed by atoms with Crippen molar-refractivity contribution in [3.8, 4) is 0 Å². The fraction of sp³-hybridized carbons (Fsp3) is 0.462. The highest BCUT2D eigenvalue weighted by atomic mass is 79.9. The monoisotopic (exact) mass is 312 g/mol. The van der Waals surface area contributed by atoms with Gasteiger partial charge in [0.25, 0.3) is 5.91 Å². The maximum atomic E-state index is 12.4. The highest BCUT2D eigenvalue weighted by molar-refractivity contribution is 9.10. The molecule has 2 atom stereocenters. The zero-order chi connectivity index (χ0) is 13.3. The normalized spacial score (nSPS) is 24.1. The molecule has 5 heteroatoms. The lowest BCUT2D eigenvalue weighted by Crippen LogP contribution is -2.48. The van der Waals surface area contributed by atoms with Gasteiger partial charge in [-0.15, -0.1) is 0 Å². The summed E-state index contributed by atoms with van der Waals surface area (Å²) in [6, 6.07) is 5.35. The molecule has 2 unspecified atom stereocenters. The second kappa shape index (κ2) is 5.28. The Bertz CT molecular complexity index is 454. The minimum Gasteiger partial charge on any atom is -0.398 e. The van der Waals surface area contributed by atoms with Gasteiger partial charge in [-0.1, -0.05) is 6.07 Å². The molecule has 1 saturated heterocycles. The molecule has 98 valence electrons. The average Bonchev–Trinajstić information content (AvgIpc) is 2.30. The first-order valence-corrected chi connectivity index (χ1v) is 6.77. The van der Waals surface area contributed by atoms with Gasteiger partial charge in [-0.2, -0.15) is 0 Å². The fourth-order valence-electron chi connectivity index (χ4n) is 2.23. The van der Waals surface area contributed by atoms with Crippen LogP contribution in [0, 0.1) is 0 Å². The Morgan fingerprint density at radius 1 is 1.39 bits per heavy atom. The van der Waals surface area contributed by atoms with Crippen LogP contribution in [0.15, 0.2) is 22.7 Å². The number of amides is 1. The van der Waals surface area contributed by atoms with E-state index in [2.05, 4.69) is 15.9 Å². The fourth-order valence-corrected chi connectivity index (χ4v) is 2.66. The number of nitrogens with zero attached hydrogens (tertiary/aromatic N) is 1. The number of nitrogen functional groups attached to an aromatic ring is 1. The molecular formula is C13H17BrN2O2. The predicted octanol–water partition coefficient (Wildman–Crippen LogP) is 2.28. The number of hydrogen-bond donors (Lipinski definition) is 1. The van der Waals surface area contributed by atoms with E-state index in [1.54, 1.807) is 18.2 Å². The molecule has 4 nitrogen and oxygen atoms in total. The number of benzene rings is 1. The Balaban J connectivity index is 2.23. The van der Waals surface area contributed by atoms with Crippen molar-refractivity contribution in [1.29, 1.82) is 0 Å². The molecule has 18 heavy (non-hydrogen) atoms. The molecule has 1 aliphatic rings. The minimum absolute atomic E-state index is 0.00354. The molecule has 2 rings (SSSR count). The molecule has 0 radical (unpaired) electrons. The number of anilines is 1. The minimum atomic E-state index is -0.00354. The van der Waals surface area contributed by atoms with E-state index in [1.165, 1.54) is 0 Å². The Labute approximate surface area is 115 Å². The van der Waals surface area contributed by atoms with Crippen LogP contribution in [0.4, 0.5) is 5.69 Å². The average molecular weight is 313 g/mol. The van der Waals surface area contributed by atoms with Crippen molar-refractivity contribution in [1.82, 2.24) is 4.90 Å². The molecular weight excluding hydrogens is 296 g/mol. The topological polar surface area (TPSA) is 55.6 Å². The summed E-state index contributed by atoms with van der Waals surface area (Å²) in [5.41, 5.74) is 6.99. The summed E-state index contributed by atoms with van der Waals surface area (Å²) in [5.74, 6) is -0.00354. The summed E-state index contributed by atoms with van der Waals surface area (Å²) in [5, 5.41) is 0. The summed E-state index contributed by atoms with van der Waals surface area (Å²) < 4.78 is 6.29. The summed E-state index contributed by atoms with van der Waals surface area (Å²) in [7, 11) is 0. The second-order valence-corrected chi connectivity index (χ2v) is 5.47. The lowest BCUT2D eigenvalue weighted by molar-refractivity contribution is -0.0586. The van der Waals surface area contributed by atoms with Gasteiger partial charge >= 0.3 is 0 Å². The zero-order valence-corrected chi connectivity index (χ0v) is 12.1. The van der Waals surface area contributed by atoms with E-state index in [0.29, 0.717) is 28.8 Å². The SMILES string of the molecule is CC1CN(C(=O)c2cccc(N)c2Br)CC(C)O1. The van der Waals surface area contributed by atoms with Crippen molar-refractivity contribution in [2.75, 3.05) is 18.8 Å². The largest absolute Gasteiger partial charge is 0.398 e. The van der Waals surface area contributed by atoms with Crippen molar-refractivity contribution in [3.63, 3.8) is 0 Å². The van der Waals surface area contributed by atoms with Crippen LogP contribution in [0.25, 0.3) is 0 Å². The van der Waals surface area contributed by atoms with Crippen molar-refractivity contribution in [2.24, 2.45) is 0 Å². The van der Waals surface area contributed by atoms with Crippen molar-refractivity contribution < 1.29 is 9.53 Å². The van der Waals surface area contributed by atoms with Crippen LogP contribution in [0.5, 0.6) is 0 Å². The number of nitrogens with two attached hydrogens (primary N) is 1. The number of carbonyl (C=O) groups excluding carboxylic acids is 1. The van der Waals surface area contributed by atoms with E-state index in [9.17, 15) is 4.79 Å². The van der Waals surface area contributed by atoms with E-state index < -0.39 is 0 Å². The van der Waals surface area contributed by atoms with Crippen LogP contribution in [0.3, 0.4) is 0 Å². The first-order valence-electron chi connectivity index (χ1n) is 5.97. The second-order valence-electron chi connectivity index (χ2n) is 4.68. The highest BCUT2D eigenvalue weighted by Crippen LogP contribution is 2.26. The third kappa shape index (κ3) is 2.67. The third-order valence-electron chi connectivity index (χ3n) is 2.97. The van der Waals surface area contributed by atoms with Gasteiger partial charge in [-0.05, 0) is 41.9 Å². The highest BCUT2D eigenvalue weighted by Gasteiger charge is 2.27. The molecule has 0 saturated carbocycles. The lowest BCUT2D eigenvalue weighted by atomic mass is 10.1. The Hall–Kier alpha value is -1.07. The van der Waals surface area contributed by atoms with Crippen LogP contribution in [0.2, 0.25) is 0 Å². The van der Waals surface area contributed by atoms with Crippen LogP contribution in [-0.4, -0.2) is 36.1 Å². The van der Waals surface area contributed by atoms with Gasteiger partial charge < -0.3 is 15.4 Å². The number of rotatable bonds is 1. The van der Waals surface area contributed by atoms with Crippen molar-refractivity contribution >= 4 is 27.5 Å². The summed E-state index contributed by atoms with van der Waals surface area (Å²) in [4.78, 5) is 14.3. The summed E-state index contributed by atoms with van der Waals surface area (Å²) in [6.45, 7) is 5.18. The van der Waals surface area contributed by atoms with Gasteiger partial charge in [0.2, 0.25) is 0 Å². The van der Waals surface area contributed by atoms with Crippen LogP contribution < -0.4 is 5.73 Å². The van der Waals surface area contributed by atoms with E-state index >= 15 is 0 Å². The summed E-state index contributed by atoms with van der Waals surface area (Å²) >= 11 is 3.37. The molecule has 0 aliphatic carbocycles. The molecule has 1 heterocycles. The third-order valence-corrected chi connectivity index (χ3v) is 3.85. The molecule has 0 aromatic heterocycles. The zero-order valence-electron chi connectivity index (χ0n) is 10.5. The first-order chi connectivity index (χ1) is 8.49. The first kappa shape index (κ1) is 13.4. The molecule has 1 fully saturated rings. The molecule has 1 amide bonds. The Kier molecular flexibility index (Phi) is 3.92. The maximum Gasteiger partial charge on any atom is 0.255 e. The molecule has 1 aliphatic heterocycles. The maximum absolute atomic E-state index is 12.4. The van der Waals surface area contributed by atoms with Crippen LogP contribution in [-0.2, 0) is 4.74 Å². The molecule has 1 aromatic carbocycles. The van der Waals surface area contributed by atoms with Gasteiger partial charge in [-0.3, -0.25) is 4.79 Å². The van der Waals surface area contributed by atoms with Gasteiger partial charge in [0.15, 0.2) is 0 Å². The van der Waals surface area contributed by atoms with Gasteiger partial charge in [0.05, 0.1) is 22.2 Å². The van der Waals surface area contributed by atoms with Crippen LogP contribution >= 0.6 is 15.9 Å². The van der Waals surface area contributed by atoms with E-state index in [0.717, 1.165) is 0 Å². The lowest BCUT2D eigenvalue weighted by Gasteiger charge is -2.35. The van der Waals surface area contributed by atoms with Crippen molar-refractivity contribution in [3.05, 3.63) is 28.2 Å². The van der Waals surface area contributed by atoms with E-state index in [4.69, 9.17) is 10.5 Å². The molecule has 0 bridgehead atoms. The van der Waals surface area contributed by atoms with E-state index in [1.807, 2.05) is 18.7 Å². The van der Waals surface area contributed by atoms with E-state index in [-0.39, 0.29) is 18.1 Å². The number of morpholine rings is 1. The summed E-state index contributed by atoms with van der Waals surface area (Å²) in [6.07, 6.45) is 0.134. The number of ether oxygens (including phenoxy) is 1. The quantitative estimate of drug-likeness (QED) is 0.809. The van der Waals surface area contributed by atoms with Gasteiger partial charge in [0.1, 0.15) is 0 Å². The van der Waals surface area contributed by atoms with Gasteiger partial charge in [-0.25, -0.2) is 0 Å². The molecule has 1 aromatic rings. The van der Waals surface area contributed by atoms with Crippen molar-refractivity contribution in [2.45, 2.75) is 26.1 Å². The number of carbonyl (C=O) groups is 1.